The van der Waals surface area contributed by atoms with E-state index < -0.39 is 0 Å². The molecule has 0 bridgehead atoms. The van der Waals surface area contributed by atoms with Crippen molar-refractivity contribution in [1.82, 2.24) is 0 Å². The molecule has 0 aromatic heterocycles. The van der Waals surface area contributed by atoms with Crippen LogP contribution in [0.5, 0.6) is 5.75 Å². The lowest BCUT2D eigenvalue weighted by Gasteiger charge is -2.06. The molecule has 90 valence electrons. The van der Waals surface area contributed by atoms with Crippen LogP contribution in [0.2, 0.25) is 0 Å². The molecule has 0 amide bonds. The second-order valence-electron chi connectivity index (χ2n) is 3.91. The average Bonchev–Trinajstić information content (AvgIpc) is 2.73. The molecule has 0 N–H and O–H groups in total. The minimum absolute atomic E-state index is 0.266. The van der Waals surface area contributed by atoms with Crippen LogP contribution in [0, 0.1) is 0 Å². The van der Waals surface area contributed by atoms with Gasteiger partial charge in [-0.05, 0) is 37.0 Å². The first-order valence-electron chi connectivity index (χ1n) is 5.79. The molecule has 0 saturated carbocycles. The number of allylic oxidation sites excluding steroid dienone is 1. The van der Waals surface area contributed by atoms with Crippen LogP contribution >= 0.6 is 0 Å². The van der Waals surface area contributed by atoms with Gasteiger partial charge in [0.05, 0.1) is 13.7 Å². The van der Waals surface area contributed by atoms with Crippen molar-refractivity contribution in [1.29, 1.82) is 0 Å². The number of hydrogen-bond acceptors (Lipinski definition) is 3. The molecule has 0 unspecified atom stereocenters. The summed E-state index contributed by atoms with van der Waals surface area (Å²) in [6.07, 6.45) is 3.38. The van der Waals surface area contributed by atoms with Crippen LogP contribution in [0.4, 0.5) is 0 Å². The first kappa shape index (κ1) is 11.7. The van der Waals surface area contributed by atoms with E-state index in [-0.39, 0.29) is 5.97 Å². The number of benzene rings is 1. The summed E-state index contributed by atoms with van der Waals surface area (Å²) in [4.78, 5) is 11.4. The molecule has 0 spiro atoms. The minimum Gasteiger partial charge on any atom is -0.496 e. The SMILES string of the molecule is CCOC(=O)/C=C1\CCc2c(OC)cccc21. The first-order chi connectivity index (χ1) is 8.26. The summed E-state index contributed by atoms with van der Waals surface area (Å²) >= 11 is 0. The van der Waals surface area contributed by atoms with E-state index in [2.05, 4.69) is 0 Å². The number of carbonyl (C=O) groups is 1. The van der Waals surface area contributed by atoms with Gasteiger partial charge in [0.2, 0.25) is 0 Å². The van der Waals surface area contributed by atoms with Crippen LogP contribution in [-0.2, 0) is 16.0 Å². The summed E-state index contributed by atoms with van der Waals surface area (Å²) in [7, 11) is 1.67. The lowest BCUT2D eigenvalue weighted by Crippen LogP contribution is -2.00. The zero-order valence-electron chi connectivity index (χ0n) is 10.2. The zero-order valence-corrected chi connectivity index (χ0v) is 10.2. The predicted octanol–water partition coefficient (Wildman–Crippen LogP) is 2.59. The Morgan fingerprint density at radius 3 is 2.94 bits per heavy atom. The highest BCUT2D eigenvalue weighted by atomic mass is 16.5. The van der Waals surface area contributed by atoms with Gasteiger partial charge in [0.25, 0.3) is 0 Å². The smallest absolute Gasteiger partial charge is 0.331 e. The van der Waals surface area contributed by atoms with Crippen molar-refractivity contribution in [2.45, 2.75) is 19.8 Å². The molecular formula is C14H16O3. The normalized spacial score (nSPS) is 15.8. The number of rotatable bonds is 3. The minimum atomic E-state index is -0.266. The van der Waals surface area contributed by atoms with E-state index in [1.54, 1.807) is 13.2 Å². The van der Waals surface area contributed by atoms with E-state index >= 15 is 0 Å². The molecule has 0 fully saturated rings. The number of carbonyl (C=O) groups excluding carboxylic acids is 1. The van der Waals surface area contributed by atoms with E-state index in [0.717, 1.165) is 29.7 Å². The second kappa shape index (κ2) is 5.04. The van der Waals surface area contributed by atoms with E-state index in [9.17, 15) is 4.79 Å². The van der Waals surface area contributed by atoms with E-state index in [1.807, 2.05) is 25.1 Å². The maximum absolute atomic E-state index is 11.4. The summed E-state index contributed by atoms with van der Waals surface area (Å²) in [5, 5.41) is 0. The van der Waals surface area contributed by atoms with Gasteiger partial charge in [0.15, 0.2) is 0 Å². The maximum Gasteiger partial charge on any atom is 0.331 e. The maximum atomic E-state index is 11.4. The topological polar surface area (TPSA) is 35.5 Å². The molecule has 0 atom stereocenters. The summed E-state index contributed by atoms with van der Waals surface area (Å²) in [6.45, 7) is 2.22. The molecule has 1 aliphatic carbocycles. The summed E-state index contributed by atoms with van der Waals surface area (Å²) in [5.74, 6) is 0.632. The van der Waals surface area contributed by atoms with Gasteiger partial charge in [-0.1, -0.05) is 12.1 Å². The summed E-state index contributed by atoms with van der Waals surface area (Å²) in [6, 6.07) is 5.92. The Balaban J connectivity index is 2.31. The fourth-order valence-electron chi connectivity index (χ4n) is 2.19. The van der Waals surface area contributed by atoms with Gasteiger partial charge in [-0.25, -0.2) is 4.79 Å². The van der Waals surface area contributed by atoms with E-state index in [0.29, 0.717) is 6.61 Å². The second-order valence-corrected chi connectivity index (χ2v) is 3.91. The molecule has 1 aromatic rings. The fourth-order valence-corrected chi connectivity index (χ4v) is 2.19. The van der Waals surface area contributed by atoms with Gasteiger partial charge in [-0.3, -0.25) is 0 Å². The van der Waals surface area contributed by atoms with Crippen LogP contribution in [0.3, 0.4) is 0 Å². The molecule has 0 aliphatic heterocycles. The molecular weight excluding hydrogens is 216 g/mol. The van der Waals surface area contributed by atoms with Crippen molar-refractivity contribution in [2.24, 2.45) is 0 Å². The van der Waals surface area contributed by atoms with E-state index in [4.69, 9.17) is 9.47 Å². The molecule has 17 heavy (non-hydrogen) atoms. The highest BCUT2D eigenvalue weighted by Crippen LogP contribution is 2.37. The zero-order chi connectivity index (χ0) is 12.3. The molecule has 0 saturated heterocycles. The number of hydrogen-bond donors (Lipinski definition) is 0. The fraction of sp³-hybridized carbons (Fsp3) is 0.357. The van der Waals surface area contributed by atoms with E-state index in [1.165, 1.54) is 5.56 Å². The van der Waals surface area contributed by atoms with Crippen LogP contribution in [0.15, 0.2) is 24.3 Å². The Labute approximate surface area is 101 Å². The largest absolute Gasteiger partial charge is 0.496 e. The number of esters is 1. The summed E-state index contributed by atoms with van der Waals surface area (Å²) in [5.41, 5.74) is 3.33. The number of ether oxygens (including phenoxy) is 2. The molecule has 3 heteroatoms. The lowest BCUT2D eigenvalue weighted by molar-refractivity contribution is -0.137. The molecule has 1 aromatic carbocycles. The van der Waals surface area contributed by atoms with Crippen molar-refractivity contribution in [3.05, 3.63) is 35.4 Å². The Morgan fingerprint density at radius 1 is 1.41 bits per heavy atom. The van der Waals surface area contributed by atoms with Gasteiger partial charge in [-0.2, -0.15) is 0 Å². The van der Waals surface area contributed by atoms with Crippen molar-refractivity contribution in [3.63, 3.8) is 0 Å². The van der Waals surface area contributed by atoms with Crippen LogP contribution in [-0.4, -0.2) is 19.7 Å². The highest BCUT2D eigenvalue weighted by Gasteiger charge is 2.20. The van der Waals surface area contributed by atoms with Gasteiger partial charge in [-0.15, -0.1) is 0 Å². The van der Waals surface area contributed by atoms with Gasteiger partial charge >= 0.3 is 5.97 Å². The van der Waals surface area contributed by atoms with Crippen LogP contribution < -0.4 is 4.74 Å². The molecule has 2 rings (SSSR count). The Hall–Kier alpha value is -1.77. The number of methoxy groups -OCH3 is 1. The molecule has 1 aliphatic rings. The van der Waals surface area contributed by atoms with Crippen molar-refractivity contribution >= 4 is 11.5 Å². The third-order valence-electron chi connectivity index (χ3n) is 2.92. The molecule has 0 radical (unpaired) electrons. The van der Waals surface area contributed by atoms with Crippen LogP contribution in [0.1, 0.15) is 24.5 Å². The Kier molecular flexibility index (Phi) is 3.47. The highest BCUT2D eigenvalue weighted by molar-refractivity contribution is 5.93. The Bertz CT molecular complexity index is 461. The van der Waals surface area contributed by atoms with Gasteiger partial charge in [0, 0.05) is 11.6 Å². The van der Waals surface area contributed by atoms with Crippen molar-refractivity contribution in [3.8, 4) is 5.75 Å². The first-order valence-corrected chi connectivity index (χ1v) is 5.79. The van der Waals surface area contributed by atoms with Gasteiger partial charge in [0.1, 0.15) is 5.75 Å². The average molecular weight is 232 g/mol. The number of fused-ring (bicyclic) bond motifs is 1. The monoisotopic (exact) mass is 232 g/mol. The predicted molar refractivity (Wildman–Crippen MR) is 65.9 cm³/mol. The lowest BCUT2D eigenvalue weighted by atomic mass is 10.1. The van der Waals surface area contributed by atoms with Gasteiger partial charge < -0.3 is 9.47 Å². The standard InChI is InChI=1S/C14H16O3/c1-3-17-14(15)9-10-7-8-12-11(10)5-4-6-13(12)16-2/h4-6,9H,3,7-8H2,1-2H3/b10-9+. The molecule has 0 heterocycles. The third kappa shape index (κ3) is 2.33. The third-order valence-corrected chi connectivity index (χ3v) is 2.92. The summed E-state index contributed by atoms with van der Waals surface area (Å²) < 4.78 is 10.2. The van der Waals surface area contributed by atoms with Crippen molar-refractivity contribution in [2.75, 3.05) is 13.7 Å². The van der Waals surface area contributed by atoms with Crippen molar-refractivity contribution < 1.29 is 14.3 Å². The molecule has 3 nitrogen and oxygen atoms in total. The Morgan fingerprint density at radius 2 is 2.24 bits per heavy atom. The van der Waals surface area contributed by atoms with Crippen LogP contribution in [0.25, 0.3) is 5.57 Å². The quantitative estimate of drug-likeness (QED) is 0.593.